The van der Waals surface area contributed by atoms with E-state index in [-0.39, 0.29) is 47.6 Å². The number of halogens is 2. The van der Waals surface area contributed by atoms with Gasteiger partial charge in [0.1, 0.15) is 24.8 Å². The molecule has 0 radical (unpaired) electrons. The smallest absolute Gasteiger partial charge is 0.243 e. The van der Waals surface area contributed by atoms with E-state index >= 15 is 0 Å². The lowest BCUT2D eigenvalue weighted by Crippen LogP contribution is -2.50. The number of rotatable bonds is 5. The number of amides is 1. The quantitative estimate of drug-likeness (QED) is 0.625. The number of carbonyl (C=O) groups excluding carboxylic acids is 1. The number of ether oxygens (including phenoxy) is 2. The molecule has 1 saturated heterocycles. The molecule has 2 aromatic carbocycles. The molecule has 4 rings (SSSR count). The SMILES string of the molecule is O=C(CSc1ccc(F)cc1F)N1CCN(S(=O)(=O)c2ccc3c(c2)OCCO3)CC1. The molecule has 0 aromatic heterocycles. The van der Waals surface area contributed by atoms with E-state index < -0.39 is 21.7 Å². The molecule has 0 spiro atoms. The topological polar surface area (TPSA) is 76.2 Å². The summed E-state index contributed by atoms with van der Waals surface area (Å²) in [6.45, 7) is 1.54. The van der Waals surface area contributed by atoms with Crippen molar-refractivity contribution in [3.8, 4) is 11.5 Å². The average molecular weight is 471 g/mol. The first kappa shape index (κ1) is 21.8. The van der Waals surface area contributed by atoms with Crippen LogP contribution in [0.2, 0.25) is 0 Å². The van der Waals surface area contributed by atoms with Gasteiger partial charge < -0.3 is 14.4 Å². The van der Waals surface area contributed by atoms with Crippen molar-refractivity contribution in [2.24, 2.45) is 0 Å². The van der Waals surface area contributed by atoms with Gasteiger partial charge >= 0.3 is 0 Å². The summed E-state index contributed by atoms with van der Waals surface area (Å²) in [5.74, 6) is -0.735. The van der Waals surface area contributed by atoms with E-state index in [4.69, 9.17) is 9.47 Å². The van der Waals surface area contributed by atoms with E-state index in [1.165, 1.54) is 22.5 Å². The summed E-state index contributed by atoms with van der Waals surface area (Å²) in [7, 11) is -3.74. The monoisotopic (exact) mass is 470 g/mol. The Bertz CT molecular complexity index is 1090. The van der Waals surface area contributed by atoms with Gasteiger partial charge in [0.05, 0.1) is 10.6 Å². The molecule has 0 N–H and O–H groups in total. The summed E-state index contributed by atoms with van der Waals surface area (Å²) in [4.78, 5) is 14.3. The van der Waals surface area contributed by atoms with Gasteiger partial charge in [0.2, 0.25) is 15.9 Å². The number of fused-ring (bicyclic) bond motifs is 1. The fraction of sp³-hybridized carbons (Fsp3) is 0.350. The number of carbonyl (C=O) groups is 1. The number of piperazine rings is 1. The molecule has 0 unspecified atom stereocenters. The van der Waals surface area contributed by atoms with Gasteiger partial charge in [0, 0.05) is 43.2 Å². The normalized spacial score (nSPS) is 16.9. The number of sulfonamides is 1. The van der Waals surface area contributed by atoms with Gasteiger partial charge in [-0.3, -0.25) is 4.79 Å². The van der Waals surface area contributed by atoms with Gasteiger partial charge in [-0.1, -0.05) is 0 Å². The van der Waals surface area contributed by atoms with Crippen molar-refractivity contribution in [3.05, 3.63) is 48.0 Å². The van der Waals surface area contributed by atoms with Crippen LogP contribution in [0.1, 0.15) is 0 Å². The minimum atomic E-state index is -3.74. The van der Waals surface area contributed by atoms with Crippen molar-refractivity contribution in [2.45, 2.75) is 9.79 Å². The lowest BCUT2D eigenvalue weighted by molar-refractivity contribution is -0.129. The van der Waals surface area contributed by atoms with E-state index in [2.05, 4.69) is 0 Å². The van der Waals surface area contributed by atoms with E-state index in [1.807, 2.05) is 0 Å². The van der Waals surface area contributed by atoms with Gasteiger partial charge in [-0.2, -0.15) is 4.31 Å². The minimum Gasteiger partial charge on any atom is -0.486 e. The molecule has 1 fully saturated rings. The molecule has 0 saturated carbocycles. The molecule has 0 aliphatic carbocycles. The van der Waals surface area contributed by atoms with Crippen LogP contribution in [0.5, 0.6) is 11.5 Å². The van der Waals surface area contributed by atoms with Crippen LogP contribution in [-0.2, 0) is 14.8 Å². The largest absolute Gasteiger partial charge is 0.486 e. The summed E-state index contributed by atoms with van der Waals surface area (Å²) < 4.78 is 64.9. The van der Waals surface area contributed by atoms with Crippen molar-refractivity contribution in [1.29, 1.82) is 0 Å². The first-order chi connectivity index (χ1) is 14.8. The van der Waals surface area contributed by atoms with E-state index in [0.29, 0.717) is 24.7 Å². The number of hydrogen-bond donors (Lipinski definition) is 0. The predicted octanol–water partition coefficient (Wildman–Crippen LogP) is 2.36. The molecule has 166 valence electrons. The van der Waals surface area contributed by atoms with E-state index in [9.17, 15) is 22.0 Å². The number of benzene rings is 2. The fourth-order valence-electron chi connectivity index (χ4n) is 3.33. The molecular weight excluding hydrogens is 450 g/mol. The van der Waals surface area contributed by atoms with E-state index in [1.54, 1.807) is 11.0 Å². The lowest BCUT2D eigenvalue weighted by Gasteiger charge is -2.34. The highest BCUT2D eigenvalue weighted by molar-refractivity contribution is 8.00. The maximum Gasteiger partial charge on any atom is 0.243 e. The molecule has 0 bridgehead atoms. The van der Waals surface area contributed by atoms with Crippen LogP contribution in [0.4, 0.5) is 8.78 Å². The van der Waals surface area contributed by atoms with Crippen LogP contribution in [0.15, 0.2) is 46.2 Å². The first-order valence-corrected chi connectivity index (χ1v) is 12.0. The average Bonchev–Trinajstić information content (AvgIpc) is 2.78. The number of nitrogens with zero attached hydrogens (tertiary/aromatic N) is 2. The van der Waals surface area contributed by atoms with Crippen molar-refractivity contribution < 1.29 is 31.5 Å². The summed E-state index contributed by atoms with van der Waals surface area (Å²) in [6, 6.07) is 7.71. The molecule has 2 aliphatic rings. The first-order valence-electron chi connectivity index (χ1n) is 9.60. The van der Waals surface area contributed by atoms with Crippen LogP contribution in [0, 0.1) is 11.6 Å². The van der Waals surface area contributed by atoms with Gasteiger partial charge in [-0.05, 0) is 24.3 Å². The summed E-state index contributed by atoms with van der Waals surface area (Å²) >= 11 is 0.983. The maximum absolute atomic E-state index is 13.7. The fourth-order valence-corrected chi connectivity index (χ4v) is 5.59. The summed E-state index contributed by atoms with van der Waals surface area (Å²) in [6.07, 6.45) is 0. The van der Waals surface area contributed by atoms with Crippen LogP contribution >= 0.6 is 11.8 Å². The Morgan fingerprint density at radius 2 is 1.68 bits per heavy atom. The molecule has 2 aromatic rings. The Balaban J connectivity index is 1.35. The van der Waals surface area contributed by atoms with Gasteiger partial charge in [-0.25, -0.2) is 17.2 Å². The molecule has 1 amide bonds. The van der Waals surface area contributed by atoms with Crippen LogP contribution < -0.4 is 9.47 Å². The molecule has 2 heterocycles. The highest BCUT2D eigenvalue weighted by Crippen LogP contribution is 2.33. The third-order valence-corrected chi connectivity index (χ3v) is 7.92. The predicted molar refractivity (Wildman–Crippen MR) is 110 cm³/mol. The summed E-state index contributed by atoms with van der Waals surface area (Å²) in [5.41, 5.74) is 0. The Kier molecular flexibility index (Phi) is 6.35. The Morgan fingerprint density at radius 3 is 2.39 bits per heavy atom. The van der Waals surface area contributed by atoms with Crippen LogP contribution in [0.25, 0.3) is 0 Å². The van der Waals surface area contributed by atoms with Crippen molar-refractivity contribution in [3.63, 3.8) is 0 Å². The third-order valence-electron chi connectivity index (χ3n) is 4.99. The Morgan fingerprint density at radius 1 is 0.968 bits per heavy atom. The molecule has 11 heteroatoms. The number of hydrogen-bond acceptors (Lipinski definition) is 6. The Hall–Kier alpha value is -2.37. The highest BCUT2D eigenvalue weighted by Gasteiger charge is 2.31. The summed E-state index contributed by atoms with van der Waals surface area (Å²) in [5, 5.41) is 0. The minimum absolute atomic E-state index is 0.0164. The second-order valence-electron chi connectivity index (χ2n) is 6.95. The maximum atomic E-state index is 13.7. The standard InChI is InChI=1S/C20H20F2N2O5S2/c21-14-1-4-19(16(22)11-14)30-13-20(25)23-5-7-24(8-6-23)31(26,27)15-2-3-17-18(12-15)29-10-9-28-17/h1-4,11-12H,5-10,13H2. The molecule has 7 nitrogen and oxygen atoms in total. The zero-order valence-corrected chi connectivity index (χ0v) is 18.1. The van der Waals surface area contributed by atoms with E-state index in [0.717, 1.165) is 23.9 Å². The zero-order valence-electron chi connectivity index (χ0n) is 16.4. The van der Waals surface area contributed by atoms with Crippen molar-refractivity contribution in [2.75, 3.05) is 45.1 Å². The third kappa shape index (κ3) is 4.78. The van der Waals surface area contributed by atoms with Crippen LogP contribution in [-0.4, -0.2) is 68.7 Å². The molecule has 2 aliphatic heterocycles. The zero-order chi connectivity index (χ0) is 22.0. The van der Waals surface area contributed by atoms with Gasteiger partial charge in [0.25, 0.3) is 0 Å². The van der Waals surface area contributed by atoms with Gasteiger partial charge in [-0.15, -0.1) is 11.8 Å². The number of thioether (sulfide) groups is 1. The molecular formula is C20H20F2N2O5S2. The van der Waals surface area contributed by atoms with Crippen molar-refractivity contribution in [1.82, 2.24) is 9.21 Å². The Labute approximate surface area is 183 Å². The lowest BCUT2D eigenvalue weighted by atomic mass is 10.3. The second-order valence-corrected chi connectivity index (χ2v) is 9.91. The molecule has 0 atom stereocenters. The highest BCUT2D eigenvalue weighted by atomic mass is 32.2. The molecule has 31 heavy (non-hydrogen) atoms. The van der Waals surface area contributed by atoms with Gasteiger partial charge in [0.15, 0.2) is 11.5 Å². The second kappa shape index (κ2) is 9.01. The van der Waals surface area contributed by atoms with Crippen molar-refractivity contribution >= 4 is 27.7 Å². The van der Waals surface area contributed by atoms with Crippen LogP contribution in [0.3, 0.4) is 0 Å².